The molecule has 0 fully saturated rings. The zero-order valence-electron chi connectivity index (χ0n) is 15.3. The minimum atomic E-state index is -0.476. The van der Waals surface area contributed by atoms with Gasteiger partial charge in [-0.05, 0) is 19.1 Å². The average Bonchev–Trinajstić information content (AvgIpc) is 3.34. The van der Waals surface area contributed by atoms with Crippen molar-refractivity contribution in [3.63, 3.8) is 0 Å². The molecule has 0 aliphatic carbocycles. The van der Waals surface area contributed by atoms with Crippen LogP contribution in [-0.2, 0) is 17.8 Å². The topological polar surface area (TPSA) is 85.7 Å². The Labute approximate surface area is 161 Å². The van der Waals surface area contributed by atoms with Crippen molar-refractivity contribution in [1.29, 1.82) is 0 Å². The first-order valence-electron chi connectivity index (χ1n) is 8.90. The minimum Gasteiger partial charge on any atom is -0.487 e. The molecular formula is C22H19NO5. The van der Waals surface area contributed by atoms with E-state index in [1.165, 1.54) is 11.8 Å². The maximum absolute atomic E-state index is 11.4. The Morgan fingerprint density at radius 3 is 2.75 bits per heavy atom. The summed E-state index contributed by atoms with van der Waals surface area (Å²) in [4.78, 5) is 11.4. The van der Waals surface area contributed by atoms with Crippen LogP contribution in [0, 0.1) is 6.92 Å². The van der Waals surface area contributed by atoms with Crippen molar-refractivity contribution < 1.29 is 23.6 Å². The standard InChI is InChI=1S/C22H19NO5/c1-14-2-4-15(5-3-14)21-9-17(23-28-21)13-26-19-6-7-20-16(8-18(25)11-24)12-27-22(20)10-19/h2-7,9-10,12,24H,8,11,13H2,1H3. The SMILES string of the molecule is Cc1ccc(-c2cc(COc3ccc4c(CC(=O)CO)coc4c3)no2)cc1. The van der Waals surface area contributed by atoms with E-state index in [0.717, 1.165) is 16.5 Å². The van der Waals surface area contributed by atoms with Gasteiger partial charge in [0.2, 0.25) is 0 Å². The molecule has 0 saturated carbocycles. The molecule has 0 bridgehead atoms. The number of hydrogen-bond acceptors (Lipinski definition) is 6. The number of aromatic nitrogens is 1. The lowest BCUT2D eigenvalue weighted by molar-refractivity contribution is -0.121. The Morgan fingerprint density at radius 1 is 1.14 bits per heavy atom. The molecule has 2 aromatic carbocycles. The Morgan fingerprint density at radius 2 is 1.96 bits per heavy atom. The second-order valence-electron chi connectivity index (χ2n) is 6.63. The Kier molecular flexibility index (Phi) is 4.95. The summed E-state index contributed by atoms with van der Waals surface area (Å²) in [6, 6.07) is 15.3. The number of fused-ring (bicyclic) bond motifs is 1. The number of rotatable bonds is 7. The van der Waals surface area contributed by atoms with Crippen molar-refractivity contribution in [3.8, 4) is 17.1 Å². The predicted molar refractivity (Wildman–Crippen MR) is 103 cm³/mol. The van der Waals surface area contributed by atoms with Crippen molar-refractivity contribution in [2.45, 2.75) is 20.0 Å². The number of hydrogen-bond donors (Lipinski definition) is 1. The molecule has 0 aliphatic rings. The van der Waals surface area contributed by atoms with E-state index in [0.29, 0.717) is 22.8 Å². The predicted octanol–water partition coefficient (Wildman–Crippen LogP) is 4.08. The fourth-order valence-corrected chi connectivity index (χ4v) is 2.95. The van der Waals surface area contributed by atoms with Crippen molar-refractivity contribution >= 4 is 16.8 Å². The van der Waals surface area contributed by atoms with Gasteiger partial charge in [0.15, 0.2) is 11.5 Å². The summed E-state index contributed by atoms with van der Waals surface area (Å²) in [7, 11) is 0. The number of aryl methyl sites for hydroxylation is 1. The fraction of sp³-hybridized carbons (Fsp3) is 0.182. The van der Waals surface area contributed by atoms with E-state index in [-0.39, 0.29) is 18.8 Å². The smallest absolute Gasteiger partial charge is 0.167 e. The number of nitrogens with zero attached hydrogens (tertiary/aromatic N) is 1. The molecule has 0 atom stereocenters. The number of aliphatic hydroxyl groups is 1. The molecule has 0 saturated heterocycles. The lowest BCUT2D eigenvalue weighted by Crippen LogP contribution is -2.06. The molecule has 0 spiro atoms. The summed E-state index contributed by atoms with van der Waals surface area (Å²) in [5.41, 5.74) is 4.21. The van der Waals surface area contributed by atoms with Gasteiger partial charge in [-0.3, -0.25) is 4.79 Å². The van der Waals surface area contributed by atoms with Crippen molar-refractivity contribution in [3.05, 3.63) is 71.6 Å². The van der Waals surface area contributed by atoms with E-state index in [1.807, 2.05) is 49.4 Å². The number of ether oxygens (including phenoxy) is 1. The van der Waals surface area contributed by atoms with E-state index in [2.05, 4.69) is 5.16 Å². The summed E-state index contributed by atoms with van der Waals surface area (Å²) >= 11 is 0. The third kappa shape index (κ3) is 3.82. The van der Waals surface area contributed by atoms with E-state index in [9.17, 15) is 4.79 Å². The number of carbonyl (C=O) groups excluding carboxylic acids is 1. The molecule has 4 rings (SSSR count). The van der Waals surface area contributed by atoms with Crippen molar-refractivity contribution in [2.24, 2.45) is 0 Å². The van der Waals surface area contributed by atoms with Crippen LogP contribution in [0.5, 0.6) is 5.75 Å². The minimum absolute atomic E-state index is 0.143. The second kappa shape index (κ2) is 7.70. The zero-order valence-corrected chi connectivity index (χ0v) is 15.3. The van der Waals surface area contributed by atoms with Crippen LogP contribution < -0.4 is 4.74 Å². The van der Waals surface area contributed by atoms with Gasteiger partial charge >= 0.3 is 0 Å². The molecule has 2 heterocycles. The molecule has 0 unspecified atom stereocenters. The summed E-state index contributed by atoms with van der Waals surface area (Å²) in [5, 5.41) is 13.8. The van der Waals surface area contributed by atoms with Crippen molar-refractivity contribution in [1.82, 2.24) is 5.16 Å². The maximum atomic E-state index is 11.4. The Hall–Kier alpha value is -3.38. The highest BCUT2D eigenvalue weighted by molar-refractivity contribution is 5.89. The van der Waals surface area contributed by atoms with Crippen LogP contribution >= 0.6 is 0 Å². The van der Waals surface area contributed by atoms with Gasteiger partial charge in [-0.25, -0.2) is 0 Å². The third-order valence-corrected chi connectivity index (χ3v) is 4.47. The summed E-state index contributed by atoms with van der Waals surface area (Å²) in [5.74, 6) is 1.07. The maximum Gasteiger partial charge on any atom is 0.167 e. The first-order chi connectivity index (χ1) is 13.6. The summed E-state index contributed by atoms with van der Waals surface area (Å²) in [6.45, 7) is 1.82. The highest BCUT2D eigenvalue weighted by Gasteiger charge is 2.12. The quantitative estimate of drug-likeness (QED) is 0.522. The van der Waals surface area contributed by atoms with Gasteiger partial charge in [0, 0.05) is 35.1 Å². The van der Waals surface area contributed by atoms with E-state index < -0.39 is 6.61 Å². The van der Waals surface area contributed by atoms with Crippen LogP contribution in [0.15, 0.2) is 63.7 Å². The van der Waals surface area contributed by atoms with Crippen LogP contribution in [0.3, 0.4) is 0 Å². The van der Waals surface area contributed by atoms with Gasteiger partial charge in [-0.15, -0.1) is 0 Å². The molecule has 0 radical (unpaired) electrons. The number of carbonyl (C=O) groups is 1. The van der Waals surface area contributed by atoms with Crippen LogP contribution in [0.2, 0.25) is 0 Å². The monoisotopic (exact) mass is 377 g/mol. The van der Waals surface area contributed by atoms with Crippen LogP contribution in [0.4, 0.5) is 0 Å². The number of Topliss-reactive ketones (excluding diaryl/α,β-unsaturated/α-hetero) is 1. The molecule has 28 heavy (non-hydrogen) atoms. The van der Waals surface area contributed by atoms with E-state index >= 15 is 0 Å². The van der Waals surface area contributed by atoms with Gasteiger partial charge < -0.3 is 18.8 Å². The average molecular weight is 377 g/mol. The second-order valence-corrected chi connectivity index (χ2v) is 6.63. The molecular weight excluding hydrogens is 358 g/mol. The van der Waals surface area contributed by atoms with Gasteiger partial charge in [0.25, 0.3) is 0 Å². The first kappa shape index (κ1) is 18.0. The van der Waals surface area contributed by atoms with Gasteiger partial charge in [-0.2, -0.15) is 0 Å². The van der Waals surface area contributed by atoms with Crippen LogP contribution in [0.1, 0.15) is 16.8 Å². The van der Waals surface area contributed by atoms with Crippen LogP contribution in [-0.4, -0.2) is 22.7 Å². The van der Waals surface area contributed by atoms with Gasteiger partial charge in [0.05, 0.1) is 6.26 Å². The normalized spacial score (nSPS) is 11.1. The first-order valence-corrected chi connectivity index (χ1v) is 8.90. The van der Waals surface area contributed by atoms with E-state index in [1.54, 1.807) is 6.07 Å². The number of ketones is 1. The molecule has 0 aliphatic heterocycles. The lowest BCUT2D eigenvalue weighted by atomic mass is 10.1. The highest BCUT2D eigenvalue weighted by Crippen LogP contribution is 2.27. The highest BCUT2D eigenvalue weighted by atomic mass is 16.5. The van der Waals surface area contributed by atoms with E-state index in [4.69, 9.17) is 18.8 Å². The van der Waals surface area contributed by atoms with Gasteiger partial charge in [0.1, 0.15) is 30.2 Å². The molecule has 4 aromatic rings. The summed E-state index contributed by atoms with van der Waals surface area (Å²) in [6.07, 6.45) is 1.68. The third-order valence-electron chi connectivity index (χ3n) is 4.47. The largest absolute Gasteiger partial charge is 0.487 e. The molecule has 2 aromatic heterocycles. The fourth-order valence-electron chi connectivity index (χ4n) is 2.95. The van der Waals surface area contributed by atoms with Crippen molar-refractivity contribution in [2.75, 3.05) is 6.61 Å². The molecule has 6 nitrogen and oxygen atoms in total. The number of furan rings is 1. The molecule has 6 heteroatoms. The zero-order chi connectivity index (χ0) is 19.5. The molecule has 1 N–H and O–H groups in total. The Balaban J connectivity index is 1.44. The van der Waals surface area contributed by atoms with Gasteiger partial charge in [-0.1, -0.05) is 35.0 Å². The van der Waals surface area contributed by atoms with Crippen LogP contribution in [0.25, 0.3) is 22.3 Å². The Bertz CT molecular complexity index is 1110. The molecule has 0 amide bonds. The lowest BCUT2D eigenvalue weighted by Gasteiger charge is -2.03. The molecule has 142 valence electrons. The number of aliphatic hydroxyl groups excluding tert-OH is 1. The summed E-state index contributed by atoms with van der Waals surface area (Å²) < 4.78 is 16.7. The number of benzene rings is 2.